The number of phenols is 1. The van der Waals surface area contributed by atoms with Crippen LogP contribution in [-0.2, 0) is 0 Å². The molecule has 24 heavy (non-hydrogen) atoms. The summed E-state index contributed by atoms with van der Waals surface area (Å²) in [5, 5.41) is 12.9. The van der Waals surface area contributed by atoms with Gasteiger partial charge in [-0.05, 0) is 60.0 Å². The first kappa shape index (κ1) is 15.9. The van der Waals surface area contributed by atoms with Gasteiger partial charge in [0.2, 0.25) is 0 Å². The number of aromatic hydroxyl groups is 1. The van der Waals surface area contributed by atoms with Gasteiger partial charge in [-0.15, -0.1) is 0 Å². The zero-order chi connectivity index (χ0) is 16.9. The fourth-order valence-electron chi connectivity index (χ4n) is 2.66. The molecule has 122 valence electrons. The van der Waals surface area contributed by atoms with Crippen LogP contribution >= 0.6 is 0 Å². The topological polar surface area (TPSA) is 41.5 Å². The molecule has 0 aliphatic rings. The van der Waals surface area contributed by atoms with Crippen LogP contribution in [0.3, 0.4) is 0 Å². The van der Waals surface area contributed by atoms with Gasteiger partial charge in [-0.25, -0.2) is 0 Å². The molecular weight excluding hydrogens is 298 g/mol. The summed E-state index contributed by atoms with van der Waals surface area (Å²) < 4.78 is 5.28. The maximum Gasteiger partial charge on any atom is 0.119 e. The lowest BCUT2D eigenvalue weighted by molar-refractivity contribution is 0.414. The maximum atomic E-state index is 9.37. The Morgan fingerprint density at radius 3 is 2.12 bits per heavy atom. The van der Waals surface area contributed by atoms with Gasteiger partial charge in [0.05, 0.1) is 7.11 Å². The van der Waals surface area contributed by atoms with E-state index in [9.17, 15) is 5.11 Å². The van der Waals surface area contributed by atoms with Crippen LogP contribution < -0.4 is 10.1 Å². The number of nitrogens with one attached hydrogen (secondary N) is 1. The molecular formula is C21H21NO2. The summed E-state index contributed by atoms with van der Waals surface area (Å²) in [6.45, 7) is 2.13. The molecule has 3 aromatic rings. The molecule has 0 aliphatic heterocycles. The van der Waals surface area contributed by atoms with E-state index in [2.05, 4.69) is 42.6 Å². The van der Waals surface area contributed by atoms with Crippen molar-refractivity contribution in [2.75, 3.05) is 12.4 Å². The van der Waals surface area contributed by atoms with Crippen molar-refractivity contribution in [1.82, 2.24) is 0 Å². The van der Waals surface area contributed by atoms with Gasteiger partial charge in [-0.1, -0.05) is 36.4 Å². The van der Waals surface area contributed by atoms with Gasteiger partial charge >= 0.3 is 0 Å². The minimum Gasteiger partial charge on any atom is -0.508 e. The smallest absolute Gasteiger partial charge is 0.119 e. The lowest BCUT2D eigenvalue weighted by atomic mass is 10.0. The summed E-state index contributed by atoms with van der Waals surface area (Å²) in [4.78, 5) is 0. The Labute approximate surface area is 142 Å². The summed E-state index contributed by atoms with van der Waals surface area (Å²) in [6, 6.07) is 23.8. The molecule has 0 fully saturated rings. The minimum atomic E-state index is 0.180. The van der Waals surface area contributed by atoms with E-state index in [1.165, 1.54) is 5.56 Å². The number of rotatable bonds is 5. The maximum absolute atomic E-state index is 9.37. The van der Waals surface area contributed by atoms with E-state index < -0.39 is 0 Å². The Hall–Kier alpha value is -2.94. The lowest BCUT2D eigenvalue weighted by Gasteiger charge is -2.17. The zero-order valence-corrected chi connectivity index (χ0v) is 13.9. The van der Waals surface area contributed by atoms with E-state index in [0.29, 0.717) is 0 Å². The van der Waals surface area contributed by atoms with Crippen LogP contribution in [-0.4, -0.2) is 12.2 Å². The lowest BCUT2D eigenvalue weighted by Crippen LogP contribution is -2.06. The number of hydrogen-bond acceptors (Lipinski definition) is 3. The molecule has 0 saturated heterocycles. The second kappa shape index (κ2) is 7.09. The van der Waals surface area contributed by atoms with Crippen LogP contribution in [0.15, 0.2) is 72.8 Å². The van der Waals surface area contributed by atoms with Gasteiger partial charge in [-0.3, -0.25) is 0 Å². The third kappa shape index (κ3) is 3.69. The number of anilines is 1. The fourth-order valence-corrected chi connectivity index (χ4v) is 2.66. The molecule has 3 nitrogen and oxygen atoms in total. The number of ether oxygens (including phenoxy) is 1. The molecule has 3 heteroatoms. The average molecular weight is 319 g/mol. The van der Waals surface area contributed by atoms with Gasteiger partial charge in [0.25, 0.3) is 0 Å². The van der Waals surface area contributed by atoms with Crippen LogP contribution in [0.5, 0.6) is 11.5 Å². The van der Waals surface area contributed by atoms with E-state index in [4.69, 9.17) is 4.74 Å². The highest BCUT2D eigenvalue weighted by Gasteiger charge is 2.07. The molecule has 0 saturated carbocycles. The van der Waals surface area contributed by atoms with Gasteiger partial charge < -0.3 is 15.2 Å². The Balaban J connectivity index is 1.72. The van der Waals surface area contributed by atoms with Gasteiger partial charge in [-0.2, -0.15) is 0 Å². The molecule has 0 aromatic heterocycles. The number of hydrogen-bond donors (Lipinski definition) is 2. The molecule has 0 aliphatic carbocycles. The third-order valence-corrected chi connectivity index (χ3v) is 4.06. The highest BCUT2D eigenvalue weighted by Crippen LogP contribution is 2.26. The minimum absolute atomic E-state index is 0.180. The summed E-state index contributed by atoms with van der Waals surface area (Å²) in [7, 11) is 1.68. The van der Waals surface area contributed by atoms with E-state index in [1.807, 2.05) is 30.3 Å². The quantitative estimate of drug-likeness (QED) is 0.675. The molecule has 0 spiro atoms. The van der Waals surface area contributed by atoms with Gasteiger partial charge in [0.15, 0.2) is 0 Å². The third-order valence-electron chi connectivity index (χ3n) is 4.06. The van der Waals surface area contributed by atoms with Crippen molar-refractivity contribution in [2.24, 2.45) is 0 Å². The van der Waals surface area contributed by atoms with Crippen LogP contribution in [0.25, 0.3) is 11.1 Å². The van der Waals surface area contributed by atoms with Gasteiger partial charge in [0.1, 0.15) is 11.5 Å². The molecule has 0 amide bonds. The number of phenolic OH excluding ortho intramolecular Hbond substituents is 1. The van der Waals surface area contributed by atoms with Crippen molar-refractivity contribution in [2.45, 2.75) is 13.0 Å². The second-order valence-corrected chi connectivity index (χ2v) is 5.77. The van der Waals surface area contributed by atoms with Gasteiger partial charge in [0, 0.05) is 11.7 Å². The fraction of sp³-hybridized carbons (Fsp3) is 0.143. The average Bonchev–Trinajstić information content (AvgIpc) is 2.63. The Kier molecular flexibility index (Phi) is 4.71. The first-order valence-corrected chi connectivity index (χ1v) is 7.95. The Morgan fingerprint density at radius 2 is 1.50 bits per heavy atom. The normalized spacial score (nSPS) is 11.8. The van der Waals surface area contributed by atoms with Crippen molar-refractivity contribution in [3.05, 3.63) is 78.4 Å². The zero-order valence-electron chi connectivity index (χ0n) is 13.9. The molecule has 2 N–H and O–H groups in total. The predicted octanol–water partition coefficient (Wildman–Crippen LogP) is 5.24. The molecule has 0 bridgehead atoms. The highest BCUT2D eigenvalue weighted by atomic mass is 16.5. The van der Waals surface area contributed by atoms with Crippen LogP contribution in [0, 0.1) is 0 Å². The van der Waals surface area contributed by atoms with Crippen molar-refractivity contribution in [3.63, 3.8) is 0 Å². The van der Waals surface area contributed by atoms with E-state index in [1.54, 1.807) is 19.2 Å². The van der Waals surface area contributed by atoms with Crippen LogP contribution in [0.1, 0.15) is 18.5 Å². The number of methoxy groups -OCH3 is 1. The molecule has 3 rings (SSSR count). The molecule has 1 unspecified atom stereocenters. The summed E-state index contributed by atoms with van der Waals surface area (Å²) >= 11 is 0. The van der Waals surface area contributed by atoms with E-state index >= 15 is 0 Å². The van der Waals surface area contributed by atoms with Crippen molar-refractivity contribution < 1.29 is 9.84 Å². The first-order valence-electron chi connectivity index (χ1n) is 7.95. The van der Waals surface area contributed by atoms with Crippen molar-refractivity contribution >= 4 is 5.69 Å². The predicted molar refractivity (Wildman–Crippen MR) is 98.6 cm³/mol. The summed E-state index contributed by atoms with van der Waals surface area (Å²) in [5.41, 5.74) is 4.44. The molecule has 1 atom stereocenters. The Bertz CT molecular complexity index is 795. The van der Waals surface area contributed by atoms with E-state index in [0.717, 1.165) is 22.6 Å². The summed E-state index contributed by atoms with van der Waals surface area (Å²) in [5.74, 6) is 1.15. The van der Waals surface area contributed by atoms with Crippen molar-refractivity contribution in [3.8, 4) is 22.6 Å². The van der Waals surface area contributed by atoms with Crippen molar-refractivity contribution in [1.29, 1.82) is 0 Å². The largest absolute Gasteiger partial charge is 0.508 e. The van der Waals surface area contributed by atoms with Crippen LogP contribution in [0.4, 0.5) is 5.69 Å². The highest BCUT2D eigenvalue weighted by molar-refractivity contribution is 5.66. The standard InChI is InChI=1S/C21H21NO2/c1-15(18-4-3-5-21(14-18)24-2)22-19-10-6-16(7-11-19)17-8-12-20(23)13-9-17/h3-15,22-23H,1-2H3. The molecule has 0 heterocycles. The van der Waals surface area contributed by atoms with E-state index in [-0.39, 0.29) is 11.8 Å². The summed E-state index contributed by atoms with van der Waals surface area (Å²) in [6.07, 6.45) is 0. The molecule has 3 aromatic carbocycles. The monoisotopic (exact) mass is 319 g/mol. The van der Waals surface area contributed by atoms with Crippen LogP contribution in [0.2, 0.25) is 0 Å². The second-order valence-electron chi connectivity index (χ2n) is 5.77. The Morgan fingerprint density at radius 1 is 0.875 bits per heavy atom. The number of benzene rings is 3. The molecule has 0 radical (unpaired) electrons. The SMILES string of the molecule is COc1cccc(C(C)Nc2ccc(-c3ccc(O)cc3)cc2)c1. The first-order chi connectivity index (χ1) is 11.7.